The van der Waals surface area contributed by atoms with Crippen LogP contribution in [0, 0.1) is 17.8 Å². The standard InChI is InChI=1S/C8H12O2/c9-4-7-3-8(7)6-1-2-10-5-6/h4,6-8H,1-3,5H2/t6-,7+,8-/m1/s1. The highest BCUT2D eigenvalue weighted by Gasteiger charge is 2.43. The molecule has 56 valence electrons. The van der Waals surface area contributed by atoms with E-state index in [4.69, 9.17) is 4.74 Å². The van der Waals surface area contributed by atoms with Crippen LogP contribution in [0.2, 0.25) is 0 Å². The van der Waals surface area contributed by atoms with Crippen LogP contribution in [0.5, 0.6) is 0 Å². The summed E-state index contributed by atoms with van der Waals surface area (Å²) in [4.78, 5) is 10.3. The zero-order valence-electron chi connectivity index (χ0n) is 5.95. The largest absolute Gasteiger partial charge is 0.381 e. The van der Waals surface area contributed by atoms with Gasteiger partial charge in [0.1, 0.15) is 6.29 Å². The third kappa shape index (κ3) is 0.966. The molecule has 10 heavy (non-hydrogen) atoms. The Morgan fingerprint density at radius 2 is 2.40 bits per heavy atom. The number of hydrogen-bond acceptors (Lipinski definition) is 2. The maximum absolute atomic E-state index is 10.3. The van der Waals surface area contributed by atoms with Gasteiger partial charge in [-0.05, 0) is 24.7 Å². The SMILES string of the molecule is O=C[C@@H]1C[C@@H]1[C@@H]1CCOC1. The molecule has 0 spiro atoms. The fraction of sp³-hybridized carbons (Fsp3) is 0.875. The summed E-state index contributed by atoms with van der Waals surface area (Å²) in [5, 5.41) is 0. The van der Waals surface area contributed by atoms with Crippen LogP contribution in [-0.4, -0.2) is 19.5 Å². The molecule has 1 saturated heterocycles. The number of ether oxygens (including phenoxy) is 1. The molecule has 0 aromatic rings. The molecule has 0 bridgehead atoms. The van der Waals surface area contributed by atoms with E-state index in [-0.39, 0.29) is 0 Å². The molecule has 0 N–H and O–H groups in total. The monoisotopic (exact) mass is 140 g/mol. The topological polar surface area (TPSA) is 26.3 Å². The van der Waals surface area contributed by atoms with Crippen LogP contribution in [0.25, 0.3) is 0 Å². The van der Waals surface area contributed by atoms with Crippen LogP contribution >= 0.6 is 0 Å². The van der Waals surface area contributed by atoms with Crippen molar-refractivity contribution in [2.75, 3.05) is 13.2 Å². The highest BCUT2D eigenvalue weighted by molar-refractivity contribution is 5.58. The van der Waals surface area contributed by atoms with Gasteiger partial charge in [0.15, 0.2) is 0 Å². The average Bonchev–Trinajstić information content (AvgIpc) is 2.56. The molecular formula is C8H12O2. The molecule has 0 unspecified atom stereocenters. The second-order valence-electron chi connectivity index (χ2n) is 3.32. The van der Waals surface area contributed by atoms with E-state index < -0.39 is 0 Å². The molecule has 1 heterocycles. The van der Waals surface area contributed by atoms with E-state index in [9.17, 15) is 4.79 Å². The molecule has 2 rings (SSSR count). The van der Waals surface area contributed by atoms with Crippen molar-refractivity contribution >= 4 is 6.29 Å². The number of hydrogen-bond donors (Lipinski definition) is 0. The Morgan fingerprint density at radius 3 is 2.90 bits per heavy atom. The predicted molar refractivity (Wildman–Crippen MR) is 36.6 cm³/mol. The first-order valence-corrected chi connectivity index (χ1v) is 3.95. The van der Waals surface area contributed by atoms with E-state index in [1.807, 2.05) is 0 Å². The lowest BCUT2D eigenvalue weighted by Gasteiger charge is -2.02. The Bertz CT molecular complexity index is 138. The lowest BCUT2D eigenvalue weighted by atomic mass is 10.0. The fourth-order valence-electron chi connectivity index (χ4n) is 1.82. The van der Waals surface area contributed by atoms with Crippen molar-refractivity contribution in [2.45, 2.75) is 12.8 Å². The van der Waals surface area contributed by atoms with Gasteiger partial charge in [-0.2, -0.15) is 0 Å². The second-order valence-corrected chi connectivity index (χ2v) is 3.32. The van der Waals surface area contributed by atoms with Crippen LogP contribution in [-0.2, 0) is 9.53 Å². The number of carbonyl (C=O) groups is 1. The Hall–Kier alpha value is -0.370. The molecule has 0 amide bonds. The molecule has 2 heteroatoms. The van der Waals surface area contributed by atoms with Gasteiger partial charge in [-0.3, -0.25) is 0 Å². The summed E-state index contributed by atoms with van der Waals surface area (Å²) in [6.45, 7) is 1.81. The Kier molecular flexibility index (Phi) is 1.49. The lowest BCUT2D eigenvalue weighted by Crippen LogP contribution is -2.03. The Balaban J connectivity index is 1.84. The summed E-state index contributed by atoms with van der Waals surface area (Å²) >= 11 is 0. The smallest absolute Gasteiger partial charge is 0.123 e. The number of carbonyl (C=O) groups excluding carboxylic acids is 1. The van der Waals surface area contributed by atoms with Crippen molar-refractivity contribution in [1.29, 1.82) is 0 Å². The van der Waals surface area contributed by atoms with Crippen LogP contribution < -0.4 is 0 Å². The third-order valence-corrected chi connectivity index (χ3v) is 2.64. The average molecular weight is 140 g/mol. The van der Waals surface area contributed by atoms with Gasteiger partial charge in [0.2, 0.25) is 0 Å². The predicted octanol–water partition coefficient (Wildman–Crippen LogP) is 0.858. The summed E-state index contributed by atoms with van der Waals surface area (Å²) in [5.41, 5.74) is 0. The summed E-state index contributed by atoms with van der Waals surface area (Å²) in [5.74, 6) is 1.77. The van der Waals surface area contributed by atoms with Gasteiger partial charge in [0.05, 0.1) is 0 Å². The summed E-state index contributed by atoms with van der Waals surface area (Å²) in [6.07, 6.45) is 3.40. The molecule has 0 aromatic heterocycles. The third-order valence-electron chi connectivity index (χ3n) is 2.64. The maximum atomic E-state index is 10.3. The van der Waals surface area contributed by atoms with Crippen molar-refractivity contribution in [3.63, 3.8) is 0 Å². The lowest BCUT2D eigenvalue weighted by molar-refractivity contribution is -0.109. The first kappa shape index (κ1) is 6.35. The molecule has 0 aromatic carbocycles. The highest BCUT2D eigenvalue weighted by atomic mass is 16.5. The van der Waals surface area contributed by atoms with Crippen molar-refractivity contribution < 1.29 is 9.53 Å². The molecule has 1 aliphatic heterocycles. The number of rotatable bonds is 2. The van der Waals surface area contributed by atoms with Crippen LogP contribution in [0.3, 0.4) is 0 Å². The van der Waals surface area contributed by atoms with E-state index in [2.05, 4.69) is 0 Å². The van der Waals surface area contributed by atoms with Gasteiger partial charge in [-0.1, -0.05) is 0 Å². The minimum absolute atomic E-state index is 0.381. The zero-order chi connectivity index (χ0) is 6.97. The van der Waals surface area contributed by atoms with Crippen molar-refractivity contribution in [2.24, 2.45) is 17.8 Å². The van der Waals surface area contributed by atoms with Gasteiger partial charge in [0.25, 0.3) is 0 Å². The van der Waals surface area contributed by atoms with Crippen molar-refractivity contribution in [3.05, 3.63) is 0 Å². The first-order valence-electron chi connectivity index (χ1n) is 3.95. The molecule has 2 fully saturated rings. The minimum atomic E-state index is 0.381. The zero-order valence-corrected chi connectivity index (χ0v) is 5.95. The van der Waals surface area contributed by atoms with Gasteiger partial charge < -0.3 is 9.53 Å². The quantitative estimate of drug-likeness (QED) is 0.532. The van der Waals surface area contributed by atoms with Gasteiger partial charge in [-0.25, -0.2) is 0 Å². The molecule has 1 saturated carbocycles. The van der Waals surface area contributed by atoms with Gasteiger partial charge >= 0.3 is 0 Å². The second kappa shape index (κ2) is 2.35. The normalized spacial score (nSPS) is 45.4. The van der Waals surface area contributed by atoms with E-state index in [0.29, 0.717) is 17.8 Å². The van der Waals surface area contributed by atoms with Crippen LogP contribution in [0.4, 0.5) is 0 Å². The fourth-order valence-corrected chi connectivity index (χ4v) is 1.82. The van der Waals surface area contributed by atoms with Crippen LogP contribution in [0.1, 0.15) is 12.8 Å². The highest BCUT2D eigenvalue weighted by Crippen LogP contribution is 2.45. The van der Waals surface area contributed by atoms with E-state index in [1.54, 1.807) is 0 Å². The van der Waals surface area contributed by atoms with Gasteiger partial charge in [0, 0.05) is 19.1 Å². The summed E-state index contributed by atoms with van der Waals surface area (Å²) in [7, 11) is 0. The van der Waals surface area contributed by atoms with Crippen molar-refractivity contribution in [3.8, 4) is 0 Å². The Morgan fingerprint density at radius 1 is 1.50 bits per heavy atom. The van der Waals surface area contributed by atoms with E-state index in [0.717, 1.165) is 25.9 Å². The van der Waals surface area contributed by atoms with Crippen LogP contribution in [0.15, 0.2) is 0 Å². The Labute approximate surface area is 60.6 Å². The molecular weight excluding hydrogens is 128 g/mol. The minimum Gasteiger partial charge on any atom is -0.381 e. The molecule has 0 radical (unpaired) electrons. The molecule has 1 aliphatic carbocycles. The van der Waals surface area contributed by atoms with E-state index >= 15 is 0 Å². The number of aldehydes is 1. The molecule has 2 aliphatic rings. The maximum Gasteiger partial charge on any atom is 0.123 e. The van der Waals surface area contributed by atoms with Crippen molar-refractivity contribution in [1.82, 2.24) is 0 Å². The summed E-state index contributed by atoms with van der Waals surface area (Å²) in [6, 6.07) is 0. The van der Waals surface area contributed by atoms with Gasteiger partial charge in [-0.15, -0.1) is 0 Å². The molecule has 3 atom stereocenters. The van der Waals surface area contributed by atoms with E-state index in [1.165, 1.54) is 6.42 Å². The summed E-state index contributed by atoms with van der Waals surface area (Å²) < 4.78 is 5.24. The molecule has 2 nitrogen and oxygen atoms in total. The first-order chi connectivity index (χ1) is 4.92.